The van der Waals surface area contributed by atoms with Gasteiger partial charge in [0.1, 0.15) is 0 Å². The Balaban J connectivity index is 2.86. The van der Waals surface area contributed by atoms with Crippen molar-refractivity contribution in [2.75, 3.05) is 0 Å². The van der Waals surface area contributed by atoms with Gasteiger partial charge in [-0.1, -0.05) is 48.3 Å². The molecular weight excluding hydrogens is 358 g/mol. The second kappa shape index (κ2) is 7.27. The molecule has 1 amide bonds. The fourth-order valence-electron chi connectivity index (χ4n) is 2.08. The maximum atomic E-state index is 12.2. The van der Waals surface area contributed by atoms with Crippen molar-refractivity contribution in [1.82, 2.24) is 5.32 Å². The smallest absolute Gasteiger partial charge is 0.305 e. The molecule has 1 aromatic carbocycles. The minimum atomic E-state index is -0.933. The molecule has 0 heterocycles. The summed E-state index contributed by atoms with van der Waals surface area (Å²) in [5.74, 6) is -1.26. The van der Waals surface area contributed by atoms with Gasteiger partial charge in [0.2, 0.25) is 0 Å². The molecule has 1 atom stereocenters. The zero-order chi connectivity index (χ0) is 16.2. The number of hydrogen-bond acceptors (Lipinski definition) is 2. The number of carbonyl (C=O) groups is 2. The summed E-state index contributed by atoms with van der Waals surface area (Å²) in [4.78, 5) is 23.2. The van der Waals surface area contributed by atoms with Gasteiger partial charge in [-0.05, 0) is 30.0 Å². The van der Waals surface area contributed by atoms with Crippen LogP contribution in [0.2, 0.25) is 5.02 Å². The summed E-state index contributed by atoms with van der Waals surface area (Å²) in [5, 5.41) is 12.2. The third-order valence-corrected chi connectivity index (χ3v) is 3.42. The van der Waals surface area contributed by atoms with Gasteiger partial charge < -0.3 is 10.4 Å². The van der Waals surface area contributed by atoms with Gasteiger partial charge >= 0.3 is 5.97 Å². The number of amides is 1. The summed E-state index contributed by atoms with van der Waals surface area (Å²) in [7, 11) is 0. The number of carbonyl (C=O) groups excluding carboxylic acids is 1. The maximum absolute atomic E-state index is 12.2. The molecule has 4 nitrogen and oxygen atoms in total. The van der Waals surface area contributed by atoms with E-state index in [4.69, 9.17) is 16.7 Å². The van der Waals surface area contributed by atoms with Crippen LogP contribution in [0.4, 0.5) is 0 Å². The normalized spacial score (nSPS) is 12.8. The Morgan fingerprint density at radius 3 is 2.43 bits per heavy atom. The van der Waals surface area contributed by atoms with Crippen LogP contribution >= 0.6 is 27.5 Å². The van der Waals surface area contributed by atoms with Crippen molar-refractivity contribution >= 4 is 39.4 Å². The highest BCUT2D eigenvalue weighted by atomic mass is 79.9. The molecule has 0 radical (unpaired) electrons. The van der Waals surface area contributed by atoms with E-state index in [1.165, 1.54) is 0 Å². The van der Waals surface area contributed by atoms with Gasteiger partial charge in [0.05, 0.1) is 6.42 Å². The van der Waals surface area contributed by atoms with Crippen molar-refractivity contribution in [1.29, 1.82) is 0 Å². The van der Waals surface area contributed by atoms with Gasteiger partial charge in [-0.2, -0.15) is 0 Å². The Kier molecular flexibility index (Phi) is 6.23. The number of hydrogen-bond donors (Lipinski definition) is 2. The van der Waals surface area contributed by atoms with Crippen LogP contribution < -0.4 is 5.32 Å². The lowest BCUT2D eigenvalue weighted by atomic mass is 9.87. The largest absolute Gasteiger partial charge is 0.481 e. The summed E-state index contributed by atoms with van der Waals surface area (Å²) in [5.41, 5.74) is 0.321. The molecule has 2 N–H and O–H groups in total. The Labute approximate surface area is 138 Å². The number of carboxylic acids is 1. The maximum Gasteiger partial charge on any atom is 0.305 e. The molecule has 0 spiro atoms. The molecule has 21 heavy (non-hydrogen) atoms. The van der Waals surface area contributed by atoms with E-state index < -0.39 is 12.0 Å². The quantitative estimate of drug-likeness (QED) is 0.812. The lowest BCUT2D eigenvalue weighted by molar-refractivity contribution is -0.137. The van der Waals surface area contributed by atoms with E-state index in [9.17, 15) is 9.59 Å². The van der Waals surface area contributed by atoms with Crippen LogP contribution in [0.3, 0.4) is 0 Å². The first-order chi connectivity index (χ1) is 9.56. The number of nitrogens with one attached hydrogen (secondary N) is 1. The predicted molar refractivity (Wildman–Crippen MR) is 86.7 cm³/mol. The second-order valence-electron chi connectivity index (χ2n) is 6.19. The summed E-state index contributed by atoms with van der Waals surface area (Å²) in [6.07, 6.45) is 0.470. The van der Waals surface area contributed by atoms with E-state index >= 15 is 0 Å². The fraction of sp³-hybridized carbons (Fsp3) is 0.467. The van der Waals surface area contributed by atoms with Crippen LogP contribution in [0, 0.1) is 5.41 Å². The Bertz CT molecular complexity index is 520. The first-order valence-corrected chi connectivity index (χ1v) is 7.73. The van der Waals surface area contributed by atoms with Gasteiger partial charge in [0, 0.05) is 21.1 Å². The third kappa shape index (κ3) is 6.96. The summed E-state index contributed by atoms with van der Waals surface area (Å²) < 4.78 is 0.700. The van der Waals surface area contributed by atoms with Crippen LogP contribution in [0.1, 0.15) is 44.0 Å². The number of benzene rings is 1. The highest BCUT2D eigenvalue weighted by Crippen LogP contribution is 2.23. The van der Waals surface area contributed by atoms with E-state index in [-0.39, 0.29) is 17.7 Å². The van der Waals surface area contributed by atoms with E-state index in [1.54, 1.807) is 18.2 Å². The van der Waals surface area contributed by atoms with E-state index in [0.717, 1.165) is 0 Å². The lowest BCUT2D eigenvalue weighted by Gasteiger charge is -2.26. The summed E-state index contributed by atoms with van der Waals surface area (Å²) >= 11 is 9.20. The first-order valence-electron chi connectivity index (χ1n) is 6.55. The Morgan fingerprint density at radius 2 is 1.95 bits per heavy atom. The summed E-state index contributed by atoms with van der Waals surface area (Å²) in [6.45, 7) is 6.01. The van der Waals surface area contributed by atoms with E-state index in [2.05, 4.69) is 21.2 Å². The zero-order valence-corrected chi connectivity index (χ0v) is 14.6. The van der Waals surface area contributed by atoms with Crippen LogP contribution in [-0.2, 0) is 4.79 Å². The van der Waals surface area contributed by atoms with Gasteiger partial charge in [0.25, 0.3) is 5.91 Å². The number of aliphatic carboxylic acids is 1. The highest BCUT2D eigenvalue weighted by Gasteiger charge is 2.23. The average molecular weight is 377 g/mol. The van der Waals surface area contributed by atoms with Crippen LogP contribution in [0.15, 0.2) is 22.7 Å². The average Bonchev–Trinajstić information content (AvgIpc) is 2.23. The molecule has 0 saturated carbocycles. The zero-order valence-electron chi connectivity index (χ0n) is 12.2. The van der Waals surface area contributed by atoms with Crippen molar-refractivity contribution in [3.63, 3.8) is 0 Å². The standard InChI is InChI=1S/C15H19BrClNO3/c1-15(2,3)8-12(7-13(19)20)18-14(21)9-4-10(16)6-11(17)5-9/h4-6,12H,7-8H2,1-3H3,(H,18,21)(H,19,20). The molecule has 1 rings (SSSR count). The number of carboxylic acid groups (broad SMARTS) is 1. The minimum Gasteiger partial charge on any atom is -0.481 e. The molecular formula is C15H19BrClNO3. The SMILES string of the molecule is CC(C)(C)CC(CC(=O)O)NC(=O)c1cc(Cl)cc(Br)c1. The Morgan fingerprint density at radius 1 is 1.33 bits per heavy atom. The van der Waals surface area contributed by atoms with Crippen molar-refractivity contribution in [3.8, 4) is 0 Å². The third-order valence-electron chi connectivity index (χ3n) is 2.74. The van der Waals surface area contributed by atoms with Crippen LogP contribution in [-0.4, -0.2) is 23.0 Å². The molecule has 0 aliphatic rings. The van der Waals surface area contributed by atoms with Gasteiger partial charge in [-0.25, -0.2) is 0 Å². The van der Waals surface area contributed by atoms with Gasteiger partial charge in [-0.15, -0.1) is 0 Å². The molecule has 116 valence electrons. The van der Waals surface area contributed by atoms with Gasteiger partial charge in [-0.3, -0.25) is 9.59 Å². The number of halogens is 2. The molecule has 0 fully saturated rings. The van der Waals surface area contributed by atoms with E-state index in [0.29, 0.717) is 21.5 Å². The second-order valence-corrected chi connectivity index (χ2v) is 7.54. The minimum absolute atomic E-state index is 0.0810. The molecule has 6 heteroatoms. The predicted octanol–water partition coefficient (Wildman–Crippen LogP) is 4.11. The molecule has 0 aromatic heterocycles. The van der Waals surface area contributed by atoms with E-state index in [1.807, 2.05) is 20.8 Å². The van der Waals surface area contributed by atoms with Crippen molar-refractivity contribution in [3.05, 3.63) is 33.3 Å². The van der Waals surface area contributed by atoms with Crippen molar-refractivity contribution in [2.45, 2.75) is 39.7 Å². The monoisotopic (exact) mass is 375 g/mol. The molecule has 1 aromatic rings. The molecule has 1 unspecified atom stereocenters. The molecule has 0 bridgehead atoms. The molecule has 0 saturated heterocycles. The Hall–Kier alpha value is -1.07. The van der Waals surface area contributed by atoms with Gasteiger partial charge in [0.15, 0.2) is 0 Å². The van der Waals surface area contributed by atoms with Crippen LogP contribution in [0.25, 0.3) is 0 Å². The fourth-order valence-corrected chi connectivity index (χ4v) is 2.94. The molecule has 0 aliphatic heterocycles. The topological polar surface area (TPSA) is 66.4 Å². The first kappa shape index (κ1) is 18.0. The van der Waals surface area contributed by atoms with Crippen molar-refractivity contribution in [2.24, 2.45) is 5.41 Å². The summed E-state index contributed by atoms with van der Waals surface area (Å²) in [6, 6.07) is 4.46. The van der Waals surface area contributed by atoms with Crippen molar-refractivity contribution < 1.29 is 14.7 Å². The highest BCUT2D eigenvalue weighted by molar-refractivity contribution is 9.10. The van der Waals surface area contributed by atoms with Crippen LogP contribution in [0.5, 0.6) is 0 Å². The lowest BCUT2D eigenvalue weighted by Crippen LogP contribution is -2.39. The number of rotatable bonds is 5. The molecule has 0 aliphatic carbocycles.